The van der Waals surface area contributed by atoms with Gasteiger partial charge in [-0.2, -0.15) is 0 Å². The second-order valence-electron chi connectivity index (χ2n) is 18.6. The van der Waals surface area contributed by atoms with E-state index in [-0.39, 0.29) is 42.1 Å². The van der Waals surface area contributed by atoms with E-state index in [4.69, 9.17) is 22.9 Å². The zero-order valence-electron chi connectivity index (χ0n) is 41.8. The predicted octanol–water partition coefficient (Wildman–Crippen LogP) is 2.89. The molecule has 1 saturated heterocycles. The molecule has 0 saturated carbocycles. The Bertz CT molecular complexity index is 1730. The molecule has 0 unspecified atom stereocenters. The summed E-state index contributed by atoms with van der Waals surface area (Å²) in [6, 6.07) is 15.7. The molecule has 0 aliphatic carbocycles. The molecule has 16 heteroatoms. The molecule has 6 atom stereocenters. The third-order valence-corrected chi connectivity index (χ3v) is 12.0. The molecule has 13 N–H and O–H groups in total. The van der Waals surface area contributed by atoms with Crippen LogP contribution >= 0.6 is 0 Å². The molecule has 3 rings (SSSR count). The van der Waals surface area contributed by atoms with E-state index in [1.807, 2.05) is 74.5 Å². The second-order valence-corrected chi connectivity index (χ2v) is 18.6. The third-order valence-electron chi connectivity index (χ3n) is 12.0. The topological polar surface area (TPSA) is 270 Å². The zero-order chi connectivity index (χ0) is 50.1. The highest BCUT2D eigenvalue weighted by Gasteiger charge is 2.32. The number of unbranched alkanes of at least 4 members (excludes halogenated alkanes) is 1. The van der Waals surface area contributed by atoms with Gasteiger partial charge in [0.05, 0.1) is 18.1 Å². The maximum absolute atomic E-state index is 14.1. The van der Waals surface area contributed by atoms with Gasteiger partial charge >= 0.3 is 0 Å². The Labute approximate surface area is 407 Å². The summed E-state index contributed by atoms with van der Waals surface area (Å²) in [5.74, 6) is -3.13. The molecule has 2 aromatic carbocycles. The minimum Gasteiger partial charge on any atom is -0.356 e. The Morgan fingerprint density at radius 2 is 1.18 bits per heavy atom. The molecule has 2 aromatic rings. The lowest BCUT2D eigenvalue weighted by atomic mass is 9.88. The van der Waals surface area contributed by atoms with Crippen LogP contribution in [0.1, 0.15) is 116 Å². The first-order valence-electron chi connectivity index (χ1n) is 25.4. The van der Waals surface area contributed by atoms with E-state index >= 15 is 0 Å². The molecule has 0 radical (unpaired) electrons. The summed E-state index contributed by atoms with van der Waals surface area (Å²) in [5.41, 5.74) is 25.7. The number of piperazine rings is 1. The summed E-state index contributed by atoms with van der Waals surface area (Å²) < 4.78 is 0. The lowest BCUT2D eigenvalue weighted by Gasteiger charge is -2.31. The largest absolute Gasteiger partial charge is 0.356 e. The SMILES string of the molecule is CC(C)C[C@@H](NC(=O)[C@H](CC(=O)[C@H](N)Cc1ccccc1)Cc1ccccc1)C(=O)C[C@H](CCCN)C(=O)NCCCC[C@H](NC(=O)[C@H](N)CCCN)C(=O)N1CCNCC1.CCCNCCC. The van der Waals surface area contributed by atoms with E-state index < -0.39 is 47.8 Å². The highest BCUT2D eigenvalue weighted by molar-refractivity contribution is 5.95. The first kappa shape index (κ1) is 59.5. The second kappa shape index (κ2) is 35.5. The Balaban J connectivity index is 0.00000209. The summed E-state index contributed by atoms with van der Waals surface area (Å²) in [6.07, 6.45) is 6.70. The van der Waals surface area contributed by atoms with Crippen molar-refractivity contribution in [2.24, 2.45) is 40.7 Å². The molecule has 0 aromatic heterocycles. The number of nitrogens with two attached hydrogens (primary N) is 4. The minimum atomic E-state index is -0.865. The maximum atomic E-state index is 14.1. The number of nitrogens with one attached hydrogen (secondary N) is 5. The van der Waals surface area contributed by atoms with Crippen LogP contribution in [-0.4, -0.2) is 123 Å². The van der Waals surface area contributed by atoms with Crippen molar-refractivity contribution in [3.63, 3.8) is 0 Å². The Kier molecular flexibility index (Phi) is 31.1. The fraction of sp³-hybridized carbons (Fsp3) is 0.654. The van der Waals surface area contributed by atoms with E-state index in [1.165, 1.54) is 25.9 Å². The molecule has 1 aliphatic rings. The molecule has 1 fully saturated rings. The Hall–Kier alpha value is -4.58. The van der Waals surface area contributed by atoms with Crippen molar-refractivity contribution in [3.05, 3.63) is 71.8 Å². The van der Waals surface area contributed by atoms with Crippen molar-refractivity contribution in [2.45, 2.75) is 142 Å². The van der Waals surface area contributed by atoms with Gasteiger partial charge in [-0.25, -0.2) is 0 Å². The van der Waals surface area contributed by atoms with E-state index in [2.05, 4.69) is 40.4 Å². The fourth-order valence-electron chi connectivity index (χ4n) is 8.06. The van der Waals surface area contributed by atoms with Crippen LogP contribution in [-0.2, 0) is 41.6 Å². The number of Topliss-reactive ketones (excluding diaryl/α,β-unsaturated/α-hetero) is 2. The van der Waals surface area contributed by atoms with Gasteiger partial charge in [-0.1, -0.05) is 88.4 Å². The monoisotopic (exact) mass is 949 g/mol. The fourth-order valence-corrected chi connectivity index (χ4v) is 8.06. The number of amides is 4. The van der Waals surface area contributed by atoms with Crippen LogP contribution in [0.15, 0.2) is 60.7 Å². The van der Waals surface area contributed by atoms with E-state index in [1.54, 1.807) is 4.90 Å². The first-order valence-corrected chi connectivity index (χ1v) is 25.4. The van der Waals surface area contributed by atoms with Crippen molar-refractivity contribution in [3.8, 4) is 0 Å². The third kappa shape index (κ3) is 24.6. The van der Waals surface area contributed by atoms with Crippen LogP contribution in [0.25, 0.3) is 0 Å². The van der Waals surface area contributed by atoms with E-state index in [0.717, 1.165) is 11.1 Å². The standard InChI is InChI=1S/C46H73N9O6.C6H15N/c1-32(2)27-40(54-44(59)36(28-33-13-5-3-6-14-33)31-41(56)38(50)29-34-15-7-4-8-16-34)42(57)30-35(17-11-20-47)43(58)52-22-10-9-19-39(46(61)55-25-23-51-24-26-55)53-45(60)37(49)18-12-21-48;1-3-5-7-6-4-2/h3-8,13-16,32,35-40,51H,9-12,17-31,47-50H2,1-2H3,(H,52,58)(H,53,60)(H,54,59);7H,3-6H2,1-2H3/t35-,36-,37+,38+,39-,40+;/m0./s1. The van der Waals surface area contributed by atoms with Gasteiger partial charge in [0.2, 0.25) is 23.6 Å². The van der Waals surface area contributed by atoms with Gasteiger partial charge < -0.3 is 54.4 Å². The van der Waals surface area contributed by atoms with Crippen molar-refractivity contribution in [1.82, 2.24) is 31.5 Å². The van der Waals surface area contributed by atoms with Crippen molar-refractivity contribution >= 4 is 35.2 Å². The van der Waals surface area contributed by atoms with Crippen LogP contribution in [0.4, 0.5) is 0 Å². The molecule has 1 aliphatic heterocycles. The molecule has 1 heterocycles. The number of hydrogen-bond acceptors (Lipinski definition) is 12. The summed E-state index contributed by atoms with van der Waals surface area (Å²) in [4.78, 5) is 83.2. The van der Waals surface area contributed by atoms with E-state index in [0.29, 0.717) is 110 Å². The summed E-state index contributed by atoms with van der Waals surface area (Å²) in [7, 11) is 0. The number of nitrogens with zero attached hydrogens (tertiary/aromatic N) is 1. The average molecular weight is 949 g/mol. The molecule has 382 valence electrons. The number of rotatable bonds is 33. The smallest absolute Gasteiger partial charge is 0.245 e. The van der Waals surface area contributed by atoms with Crippen molar-refractivity contribution < 1.29 is 28.8 Å². The molecule has 16 nitrogen and oxygen atoms in total. The van der Waals surface area contributed by atoms with Crippen LogP contribution < -0.4 is 49.5 Å². The normalized spacial score (nSPS) is 15.2. The van der Waals surface area contributed by atoms with Gasteiger partial charge in [0.1, 0.15) is 6.04 Å². The molecule has 0 spiro atoms. The predicted molar refractivity (Wildman–Crippen MR) is 272 cm³/mol. The van der Waals surface area contributed by atoms with Crippen LogP contribution in [0.5, 0.6) is 0 Å². The molecule has 68 heavy (non-hydrogen) atoms. The van der Waals surface area contributed by atoms with E-state index in [9.17, 15) is 28.8 Å². The van der Waals surface area contributed by atoms with Crippen LogP contribution in [0.2, 0.25) is 0 Å². The summed E-state index contributed by atoms with van der Waals surface area (Å²) in [6.45, 7) is 14.1. The molecular formula is C52H88N10O6. The number of ketones is 2. The van der Waals surface area contributed by atoms with Gasteiger partial charge in [-0.3, -0.25) is 28.8 Å². The zero-order valence-corrected chi connectivity index (χ0v) is 41.8. The number of carbonyl (C=O) groups excluding carboxylic acids is 6. The van der Waals surface area contributed by atoms with Gasteiger partial charge in [-0.05, 0) is 120 Å². The quantitative estimate of drug-likeness (QED) is 0.0468. The highest BCUT2D eigenvalue weighted by Crippen LogP contribution is 2.20. The first-order chi connectivity index (χ1) is 32.7. The average Bonchev–Trinajstić information content (AvgIpc) is 3.34. The maximum Gasteiger partial charge on any atom is 0.245 e. The molecule has 0 bridgehead atoms. The highest BCUT2D eigenvalue weighted by atomic mass is 16.2. The van der Waals surface area contributed by atoms with Crippen molar-refractivity contribution in [1.29, 1.82) is 0 Å². The lowest BCUT2D eigenvalue weighted by Crippen LogP contribution is -2.56. The number of hydrogen-bond donors (Lipinski definition) is 9. The lowest BCUT2D eigenvalue weighted by molar-refractivity contribution is -0.137. The summed E-state index contributed by atoms with van der Waals surface area (Å²) >= 11 is 0. The van der Waals surface area contributed by atoms with Gasteiger partial charge in [0.15, 0.2) is 11.6 Å². The minimum absolute atomic E-state index is 0.0489. The molecular weight excluding hydrogens is 861 g/mol. The molecule has 4 amide bonds. The number of benzene rings is 2. The Morgan fingerprint density at radius 1 is 0.618 bits per heavy atom. The van der Waals surface area contributed by atoms with Gasteiger partial charge in [0.25, 0.3) is 0 Å². The Morgan fingerprint density at radius 3 is 1.75 bits per heavy atom. The summed E-state index contributed by atoms with van der Waals surface area (Å²) in [5, 5.41) is 15.3. The van der Waals surface area contributed by atoms with Crippen LogP contribution in [0.3, 0.4) is 0 Å². The van der Waals surface area contributed by atoms with Crippen LogP contribution in [0, 0.1) is 17.8 Å². The van der Waals surface area contributed by atoms with Gasteiger partial charge in [-0.15, -0.1) is 0 Å². The number of carbonyl (C=O) groups is 6. The van der Waals surface area contributed by atoms with Gasteiger partial charge in [0, 0.05) is 57.4 Å². The van der Waals surface area contributed by atoms with Crippen molar-refractivity contribution in [2.75, 3.05) is 58.9 Å².